The van der Waals surface area contributed by atoms with E-state index in [-0.39, 0.29) is 5.82 Å². The lowest BCUT2D eigenvalue weighted by molar-refractivity contribution is 0.625. The number of para-hydroxylation sites is 1. The van der Waals surface area contributed by atoms with Crippen LogP contribution in [0.2, 0.25) is 0 Å². The second-order valence-corrected chi connectivity index (χ2v) is 5.17. The van der Waals surface area contributed by atoms with Crippen molar-refractivity contribution in [3.63, 3.8) is 0 Å². The maximum atomic E-state index is 14.0. The normalized spacial score (nSPS) is 10.7. The Bertz CT molecular complexity index is 601. The van der Waals surface area contributed by atoms with Crippen LogP contribution in [0.3, 0.4) is 0 Å². The number of hydrogen-bond donors (Lipinski definition) is 0. The molecule has 0 spiro atoms. The first kappa shape index (κ1) is 15.8. The van der Waals surface area contributed by atoms with E-state index in [2.05, 4.69) is 11.9 Å². The molecule has 2 aromatic rings. The summed E-state index contributed by atoms with van der Waals surface area (Å²) in [4.78, 5) is 6.54. The molecule has 0 radical (unpaired) electrons. The summed E-state index contributed by atoms with van der Waals surface area (Å²) in [6, 6.07) is 10.7. The summed E-state index contributed by atoms with van der Waals surface area (Å²) in [5.74, 6) is 0.944. The first-order valence-electron chi connectivity index (χ1n) is 7.27. The van der Waals surface area contributed by atoms with Gasteiger partial charge in [0.15, 0.2) is 0 Å². The van der Waals surface area contributed by atoms with Gasteiger partial charge in [0.1, 0.15) is 11.6 Å². The molecular formula is C17H20ClFN2. The minimum atomic E-state index is -0.241. The molecule has 0 saturated carbocycles. The van der Waals surface area contributed by atoms with Crippen LogP contribution in [0.5, 0.6) is 0 Å². The molecule has 21 heavy (non-hydrogen) atoms. The lowest BCUT2D eigenvalue weighted by atomic mass is 10.1. The third-order valence-corrected chi connectivity index (χ3v) is 3.63. The van der Waals surface area contributed by atoms with E-state index in [1.807, 2.05) is 30.0 Å². The van der Waals surface area contributed by atoms with E-state index in [1.54, 1.807) is 12.1 Å². The van der Waals surface area contributed by atoms with Crippen molar-refractivity contribution in [3.8, 4) is 0 Å². The van der Waals surface area contributed by atoms with Crippen LogP contribution in [0.1, 0.15) is 31.5 Å². The summed E-state index contributed by atoms with van der Waals surface area (Å²) in [7, 11) is 0. The Labute approximate surface area is 130 Å². The van der Waals surface area contributed by atoms with Crippen molar-refractivity contribution in [2.24, 2.45) is 0 Å². The van der Waals surface area contributed by atoms with E-state index >= 15 is 0 Å². The van der Waals surface area contributed by atoms with Gasteiger partial charge >= 0.3 is 0 Å². The quantitative estimate of drug-likeness (QED) is 0.693. The van der Waals surface area contributed by atoms with Gasteiger partial charge in [-0.15, -0.1) is 11.6 Å². The van der Waals surface area contributed by atoms with Crippen molar-refractivity contribution >= 4 is 23.1 Å². The topological polar surface area (TPSA) is 16.1 Å². The Balaban J connectivity index is 2.46. The zero-order valence-corrected chi connectivity index (χ0v) is 13.2. The van der Waals surface area contributed by atoms with Gasteiger partial charge in [-0.1, -0.05) is 25.5 Å². The molecule has 0 amide bonds. The highest BCUT2D eigenvalue weighted by molar-refractivity contribution is 6.17. The smallest absolute Gasteiger partial charge is 0.146 e. The van der Waals surface area contributed by atoms with E-state index in [4.69, 9.17) is 11.6 Å². The maximum Gasteiger partial charge on any atom is 0.146 e. The summed E-state index contributed by atoms with van der Waals surface area (Å²) < 4.78 is 14.0. The van der Waals surface area contributed by atoms with Crippen molar-refractivity contribution in [2.75, 3.05) is 11.4 Å². The van der Waals surface area contributed by atoms with E-state index in [0.717, 1.165) is 29.9 Å². The van der Waals surface area contributed by atoms with Gasteiger partial charge in [-0.05, 0) is 43.2 Å². The second kappa shape index (κ2) is 7.41. The van der Waals surface area contributed by atoms with Gasteiger partial charge in [0.05, 0.1) is 5.69 Å². The molecule has 0 atom stereocenters. The molecule has 1 aromatic heterocycles. The number of aryl methyl sites for hydroxylation is 1. The average Bonchev–Trinajstić information content (AvgIpc) is 2.50. The van der Waals surface area contributed by atoms with E-state index in [9.17, 15) is 4.39 Å². The monoisotopic (exact) mass is 306 g/mol. The summed E-state index contributed by atoms with van der Waals surface area (Å²) in [6.45, 7) is 4.75. The fourth-order valence-corrected chi connectivity index (χ4v) is 2.51. The average molecular weight is 307 g/mol. The fraction of sp³-hybridized carbons (Fsp3) is 0.353. The standard InChI is InChI=1S/C17H20ClFN2/c1-3-7-14-10-13(12-18)11-17(20-14)21(4-2)16-9-6-5-8-15(16)19/h5-6,8-11H,3-4,7,12H2,1-2H3. The van der Waals surface area contributed by atoms with Crippen molar-refractivity contribution in [1.29, 1.82) is 0 Å². The number of rotatable bonds is 6. The number of halogens is 2. The van der Waals surface area contributed by atoms with Gasteiger partial charge in [-0.2, -0.15) is 0 Å². The molecule has 2 nitrogen and oxygen atoms in total. The number of nitrogens with zero attached hydrogens (tertiary/aromatic N) is 2. The van der Waals surface area contributed by atoms with Crippen LogP contribution in [0.25, 0.3) is 0 Å². The summed E-state index contributed by atoms with van der Waals surface area (Å²) >= 11 is 5.98. The zero-order valence-electron chi connectivity index (χ0n) is 12.4. The maximum absolute atomic E-state index is 14.0. The minimum absolute atomic E-state index is 0.241. The highest BCUT2D eigenvalue weighted by Crippen LogP contribution is 2.27. The molecule has 2 rings (SSSR count). The zero-order chi connectivity index (χ0) is 15.2. The largest absolute Gasteiger partial charge is 0.324 e. The molecule has 112 valence electrons. The van der Waals surface area contributed by atoms with Crippen LogP contribution in [-0.2, 0) is 12.3 Å². The third-order valence-electron chi connectivity index (χ3n) is 3.32. The van der Waals surface area contributed by atoms with Gasteiger partial charge in [0.25, 0.3) is 0 Å². The van der Waals surface area contributed by atoms with E-state index < -0.39 is 0 Å². The summed E-state index contributed by atoms with van der Waals surface area (Å²) in [6.07, 6.45) is 1.91. The molecule has 4 heteroatoms. The highest BCUT2D eigenvalue weighted by Gasteiger charge is 2.14. The van der Waals surface area contributed by atoms with Crippen molar-refractivity contribution in [1.82, 2.24) is 4.98 Å². The number of pyridine rings is 1. The number of anilines is 2. The molecule has 0 aliphatic carbocycles. The molecule has 0 N–H and O–H groups in total. The Morgan fingerprint density at radius 2 is 1.95 bits per heavy atom. The van der Waals surface area contributed by atoms with Gasteiger partial charge in [-0.25, -0.2) is 9.37 Å². The van der Waals surface area contributed by atoms with Crippen molar-refractivity contribution < 1.29 is 4.39 Å². The molecule has 0 saturated heterocycles. The fourth-order valence-electron chi connectivity index (χ4n) is 2.36. The van der Waals surface area contributed by atoms with Gasteiger partial charge < -0.3 is 4.90 Å². The molecule has 0 aliphatic rings. The third kappa shape index (κ3) is 3.73. The first-order chi connectivity index (χ1) is 10.2. The number of aromatic nitrogens is 1. The molecule has 1 aromatic carbocycles. The lowest BCUT2D eigenvalue weighted by Gasteiger charge is -2.23. The Morgan fingerprint density at radius 1 is 1.19 bits per heavy atom. The van der Waals surface area contributed by atoms with Crippen LogP contribution >= 0.6 is 11.6 Å². The van der Waals surface area contributed by atoms with Gasteiger partial charge in [0.2, 0.25) is 0 Å². The lowest BCUT2D eigenvalue weighted by Crippen LogP contribution is -2.19. The van der Waals surface area contributed by atoms with Crippen molar-refractivity contribution in [3.05, 3.63) is 53.5 Å². The van der Waals surface area contributed by atoms with Crippen LogP contribution in [-0.4, -0.2) is 11.5 Å². The Morgan fingerprint density at radius 3 is 2.57 bits per heavy atom. The number of alkyl halides is 1. The molecular weight excluding hydrogens is 287 g/mol. The van der Waals surface area contributed by atoms with Crippen LogP contribution < -0.4 is 4.90 Å². The predicted octanol–water partition coefficient (Wildman–Crippen LogP) is 5.07. The number of benzene rings is 1. The Hall–Kier alpha value is -1.61. The molecule has 0 bridgehead atoms. The second-order valence-electron chi connectivity index (χ2n) is 4.90. The van der Waals surface area contributed by atoms with Crippen LogP contribution in [0.4, 0.5) is 15.9 Å². The minimum Gasteiger partial charge on any atom is -0.324 e. The van der Waals surface area contributed by atoms with Gasteiger partial charge in [0, 0.05) is 18.1 Å². The van der Waals surface area contributed by atoms with E-state index in [0.29, 0.717) is 18.1 Å². The summed E-state index contributed by atoms with van der Waals surface area (Å²) in [5.41, 5.74) is 2.56. The van der Waals surface area contributed by atoms with Gasteiger partial charge in [-0.3, -0.25) is 0 Å². The van der Waals surface area contributed by atoms with Crippen molar-refractivity contribution in [2.45, 2.75) is 32.6 Å². The molecule has 0 fully saturated rings. The molecule has 0 aliphatic heterocycles. The van der Waals surface area contributed by atoms with E-state index in [1.165, 1.54) is 6.07 Å². The first-order valence-corrected chi connectivity index (χ1v) is 7.80. The highest BCUT2D eigenvalue weighted by atomic mass is 35.5. The van der Waals surface area contributed by atoms with Crippen LogP contribution in [0.15, 0.2) is 36.4 Å². The number of hydrogen-bond acceptors (Lipinski definition) is 2. The Kier molecular flexibility index (Phi) is 5.57. The SMILES string of the molecule is CCCc1cc(CCl)cc(N(CC)c2ccccc2F)n1. The summed E-state index contributed by atoms with van der Waals surface area (Å²) in [5, 5.41) is 0. The molecule has 0 unspecified atom stereocenters. The molecule has 1 heterocycles. The van der Waals surface area contributed by atoms with Crippen LogP contribution in [0, 0.1) is 5.82 Å². The predicted molar refractivity (Wildman–Crippen MR) is 86.9 cm³/mol.